The van der Waals surface area contributed by atoms with Gasteiger partial charge >= 0.3 is 0 Å². The van der Waals surface area contributed by atoms with Gasteiger partial charge in [-0.3, -0.25) is 4.79 Å². The number of rotatable bonds is 4. The molecule has 132 valence electrons. The summed E-state index contributed by atoms with van der Waals surface area (Å²) in [5.74, 6) is -1.77. The Hall–Kier alpha value is -1.89. The van der Waals surface area contributed by atoms with Gasteiger partial charge < -0.3 is 5.32 Å². The number of sulfone groups is 1. The van der Waals surface area contributed by atoms with Crippen molar-refractivity contribution >= 4 is 38.9 Å². The van der Waals surface area contributed by atoms with Gasteiger partial charge in [-0.1, -0.05) is 47.5 Å². The third kappa shape index (κ3) is 4.21. The second-order valence-electron chi connectivity index (χ2n) is 5.30. The van der Waals surface area contributed by atoms with Gasteiger partial charge in [-0.25, -0.2) is 12.8 Å². The molecule has 2 rings (SSSR count). The molecule has 2 aromatic carbocycles. The van der Waals surface area contributed by atoms with Crippen LogP contribution in [-0.4, -0.2) is 14.3 Å². The Morgan fingerprint density at radius 3 is 2.32 bits per heavy atom. The van der Waals surface area contributed by atoms with Crippen LogP contribution in [0.2, 0.25) is 0 Å². The number of nitrogens with one attached hydrogen (secondary N) is 1. The average molecular weight is 402 g/mol. The molecular weight excluding hydrogens is 388 g/mol. The summed E-state index contributed by atoms with van der Waals surface area (Å²) in [6.45, 7) is 3.33. The summed E-state index contributed by atoms with van der Waals surface area (Å²) < 4.78 is 38.8. The van der Waals surface area contributed by atoms with E-state index in [2.05, 4.69) is 5.32 Å². The Labute approximate surface area is 155 Å². The smallest absolute Gasteiger partial charge is 0.259 e. The predicted octanol–water partition coefficient (Wildman–Crippen LogP) is 4.25. The van der Waals surface area contributed by atoms with E-state index in [1.165, 1.54) is 24.3 Å². The van der Waals surface area contributed by atoms with E-state index in [9.17, 15) is 17.6 Å². The molecule has 0 radical (unpaired) electrons. The fourth-order valence-electron chi connectivity index (χ4n) is 2.14. The Balaban J connectivity index is 2.49. The van der Waals surface area contributed by atoms with E-state index in [0.717, 1.165) is 6.07 Å². The lowest BCUT2D eigenvalue weighted by Gasteiger charge is -2.14. The van der Waals surface area contributed by atoms with E-state index in [1.807, 2.05) is 0 Å². The summed E-state index contributed by atoms with van der Waals surface area (Å²) in [7, 11) is -4.21. The minimum atomic E-state index is -4.21. The van der Waals surface area contributed by atoms with Crippen LogP contribution in [-0.2, 0) is 9.84 Å². The number of hydrogen-bond donors (Lipinski definition) is 1. The Kier molecular flexibility index (Phi) is 5.87. The number of carbonyl (C=O) groups excluding carboxylic acids is 1. The zero-order valence-corrected chi connectivity index (χ0v) is 15.6. The van der Waals surface area contributed by atoms with Crippen molar-refractivity contribution in [1.82, 2.24) is 5.32 Å². The van der Waals surface area contributed by atoms with Gasteiger partial charge in [0.1, 0.15) is 10.3 Å². The Morgan fingerprint density at radius 2 is 1.72 bits per heavy atom. The Morgan fingerprint density at radius 1 is 1.08 bits per heavy atom. The van der Waals surface area contributed by atoms with E-state index in [0.29, 0.717) is 11.1 Å². The highest BCUT2D eigenvalue weighted by atomic mass is 35.5. The van der Waals surface area contributed by atoms with Crippen LogP contribution in [0.3, 0.4) is 0 Å². The molecule has 1 amide bonds. The van der Waals surface area contributed by atoms with Crippen molar-refractivity contribution in [3.05, 3.63) is 74.5 Å². The number of benzene rings is 2. The molecule has 0 fully saturated rings. The lowest BCUT2D eigenvalue weighted by Crippen LogP contribution is -2.29. The molecule has 25 heavy (non-hydrogen) atoms. The van der Waals surface area contributed by atoms with Gasteiger partial charge in [0.2, 0.25) is 9.84 Å². The molecule has 0 saturated carbocycles. The second-order valence-corrected chi connectivity index (χ2v) is 8.10. The summed E-state index contributed by atoms with van der Waals surface area (Å²) in [6.07, 6.45) is 0. The molecule has 4 nitrogen and oxygen atoms in total. The highest BCUT2D eigenvalue weighted by Crippen LogP contribution is 2.27. The van der Waals surface area contributed by atoms with E-state index in [1.54, 1.807) is 26.0 Å². The van der Waals surface area contributed by atoms with E-state index >= 15 is 0 Å². The molecule has 0 atom stereocenters. The van der Waals surface area contributed by atoms with Gasteiger partial charge in [-0.05, 0) is 43.2 Å². The van der Waals surface area contributed by atoms with Crippen molar-refractivity contribution in [3.8, 4) is 0 Å². The van der Waals surface area contributed by atoms with Crippen LogP contribution in [0.4, 0.5) is 4.39 Å². The zero-order valence-electron chi connectivity index (χ0n) is 13.3. The highest BCUT2D eigenvalue weighted by molar-refractivity contribution is 7.95. The first-order valence-corrected chi connectivity index (χ1v) is 9.32. The summed E-state index contributed by atoms with van der Waals surface area (Å²) in [5, 5.41) is 1.41. The number of carbonyl (C=O) groups is 1. The molecule has 0 aromatic heterocycles. The van der Waals surface area contributed by atoms with Crippen LogP contribution in [0.1, 0.15) is 21.5 Å². The molecule has 0 bridgehead atoms. The topological polar surface area (TPSA) is 63.2 Å². The van der Waals surface area contributed by atoms with Gasteiger partial charge in [0.15, 0.2) is 5.03 Å². The number of halogens is 3. The molecule has 8 heteroatoms. The number of aryl methyl sites for hydroxylation is 2. The molecule has 1 N–H and O–H groups in total. The van der Waals surface area contributed by atoms with Crippen molar-refractivity contribution in [1.29, 1.82) is 0 Å². The van der Waals surface area contributed by atoms with Crippen LogP contribution in [0, 0.1) is 19.7 Å². The van der Waals surface area contributed by atoms with E-state index < -0.39 is 31.1 Å². The minimum Gasteiger partial charge on any atom is -0.310 e. The van der Waals surface area contributed by atoms with Gasteiger partial charge in [-0.15, -0.1) is 0 Å². The molecule has 0 aliphatic rings. The summed E-state index contributed by atoms with van der Waals surface area (Å²) in [6, 6.07) is 9.97. The lowest BCUT2D eigenvalue weighted by atomic mass is 10.2. The maximum Gasteiger partial charge on any atom is 0.259 e. The summed E-state index contributed by atoms with van der Waals surface area (Å²) in [5.41, 5.74) is 0.832. The van der Waals surface area contributed by atoms with Gasteiger partial charge in [0.25, 0.3) is 5.91 Å². The van der Waals surface area contributed by atoms with Crippen molar-refractivity contribution in [2.45, 2.75) is 18.7 Å². The van der Waals surface area contributed by atoms with Gasteiger partial charge in [0, 0.05) is 0 Å². The van der Waals surface area contributed by atoms with Crippen molar-refractivity contribution in [2.75, 3.05) is 0 Å². The normalized spacial score (nSPS) is 11.1. The average Bonchev–Trinajstić information content (AvgIpc) is 2.54. The third-order valence-electron chi connectivity index (χ3n) is 3.42. The molecule has 0 heterocycles. The maximum absolute atomic E-state index is 13.7. The summed E-state index contributed by atoms with van der Waals surface area (Å²) >= 11 is 11.4. The molecule has 0 spiro atoms. The quantitative estimate of drug-likeness (QED) is 0.832. The van der Waals surface area contributed by atoms with E-state index in [-0.39, 0.29) is 10.5 Å². The van der Waals surface area contributed by atoms with Crippen molar-refractivity contribution in [2.24, 2.45) is 0 Å². The molecule has 0 saturated heterocycles. The Bertz CT molecular complexity index is 968. The van der Waals surface area contributed by atoms with Crippen molar-refractivity contribution < 1.29 is 17.6 Å². The lowest BCUT2D eigenvalue weighted by molar-refractivity contribution is 0.0964. The predicted molar refractivity (Wildman–Crippen MR) is 95.7 cm³/mol. The standard InChI is InChI=1S/C17H14Cl2FNO3S/c1-10-7-8-11(2)14(9-10)25(23,24)17(15(18)19)21-16(22)12-5-3-4-6-13(12)20/h3-9H,1-2H3,(H,21,22). The zero-order chi connectivity index (χ0) is 18.8. The number of hydrogen-bond acceptors (Lipinski definition) is 3. The first-order valence-electron chi connectivity index (χ1n) is 7.08. The molecule has 0 unspecified atom stereocenters. The largest absolute Gasteiger partial charge is 0.310 e. The van der Waals surface area contributed by atoms with Gasteiger partial charge in [0.05, 0.1) is 10.5 Å². The SMILES string of the molecule is Cc1ccc(C)c(S(=O)(=O)C(NC(=O)c2ccccc2F)=C(Cl)Cl)c1. The van der Waals surface area contributed by atoms with Crippen LogP contribution in [0.25, 0.3) is 0 Å². The maximum atomic E-state index is 13.7. The highest BCUT2D eigenvalue weighted by Gasteiger charge is 2.28. The van der Waals surface area contributed by atoms with Crippen molar-refractivity contribution in [3.63, 3.8) is 0 Å². The molecular formula is C17H14Cl2FNO3S. The van der Waals surface area contributed by atoms with Crippen LogP contribution >= 0.6 is 23.2 Å². The minimum absolute atomic E-state index is 0.0462. The fourth-order valence-corrected chi connectivity index (χ4v) is 4.33. The third-order valence-corrected chi connectivity index (χ3v) is 5.88. The first kappa shape index (κ1) is 19.4. The van der Waals surface area contributed by atoms with Crippen LogP contribution < -0.4 is 5.32 Å². The van der Waals surface area contributed by atoms with Crippen LogP contribution in [0.5, 0.6) is 0 Å². The first-order chi connectivity index (χ1) is 11.6. The van der Waals surface area contributed by atoms with Crippen LogP contribution in [0.15, 0.2) is 56.9 Å². The fraction of sp³-hybridized carbons (Fsp3) is 0.118. The second kappa shape index (κ2) is 7.56. The molecule has 0 aliphatic heterocycles. The molecule has 0 aliphatic carbocycles. The van der Waals surface area contributed by atoms with Gasteiger partial charge in [-0.2, -0.15) is 0 Å². The summed E-state index contributed by atoms with van der Waals surface area (Å²) in [4.78, 5) is 12.2. The number of amides is 1. The van der Waals surface area contributed by atoms with E-state index in [4.69, 9.17) is 23.2 Å². The monoisotopic (exact) mass is 401 g/mol. The molecule has 2 aromatic rings.